The van der Waals surface area contributed by atoms with Crippen molar-refractivity contribution in [2.45, 2.75) is 92.4 Å². The van der Waals surface area contributed by atoms with Gasteiger partial charge in [-0.15, -0.1) is 0 Å². The van der Waals surface area contributed by atoms with Crippen LogP contribution in [-0.2, 0) is 16.2 Å². The van der Waals surface area contributed by atoms with Crippen LogP contribution in [0.2, 0.25) is 0 Å². The fourth-order valence-corrected chi connectivity index (χ4v) is 18.6. The van der Waals surface area contributed by atoms with E-state index in [9.17, 15) is 0 Å². The lowest BCUT2D eigenvalue weighted by Crippen LogP contribution is -2.66. The molecule has 6 aliphatic rings. The van der Waals surface area contributed by atoms with Gasteiger partial charge in [0.2, 0.25) is 13.4 Å². The molecule has 20 rings (SSSR count). The average molecular weight is 1170 g/mol. The number of hydrogen-bond acceptors (Lipinski definition) is 1. The molecule has 8 bridgehead atoms. The van der Waals surface area contributed by atoms with E-state index in [4.69, 9.17) is 0 Å². The minimum Gasteiger partial charge on any atom is -0.313 e. The van der Waals surface area contributed by atoms with Crippen molar-refractivity contribution < 1.29 is 0 Å². The van der Waals surface area contributed by atoms with Gasteiger partial charge in [-0.1, -0.05) is 256 Å². The lowest BCUT2D eigenvalue weighted by atomic mass is 9.29. The van der Waals surface area contributed by atoms with Gasteiger partial charge in [0.15, 0.2) is 0 Å². The molecule has 1 spiro atoms. The number of fused-ring (bicyclic) bond motifs is 16. The molecule has 0 amide bonds. The highest BCUT2D eigenvalue weighted by atomic mass is 15.2. The summed E-state index contributed by atoms with van der Waals surface area (Å²) in [5.74, 6) is 0. The number of hydrogen-bond donors (Lipinski definition) is 0. The molecule has 0 unspecified atom stereocenters. The first-order valence-electron chi connectivity index (χ1n) is 32.9. The number of benzene rings is 12. The Morgan fingerprint density at radius 2 is 0.824 bits per heavy atom. The molecule has 12 aromatic carbocycles. The van der Waals surface area contributed by atoms with Crippen molar-refractivity contribution in [3.05, 3.63) is 280 Å². The van der Waals surface area contributed by atoms with Crippen LogP contribution < -0.4 is 37.7 Å². The lowest BCUT2D eigenvalue weighted by Gasteiger charge is -2.45. The minimum absolute atomic E-state index is 0.0839. The van der Waals surface area contributed by atoms with Gasteiger partial charge in [-0.25, -0.2) is 0 Å². The van der Waals surface area contributed by atoms with E-state index in [-0.39, 0.29) is 24.3 Å². The summed E-state index contributed by atoms with van der Waals surface area (Å²) in [6, 6.07) is 86.8. The molecular formula is C86H69B2N3. The Bertz CT molecular complexity index is 5560. The zero-order valence-corrected chi connectivity index (χ0v) is 53.8. The van der Waals surface area contributed by atoms with Crippen LogP contribution in [0.15, 0.2) is 218 Å². The van der Waals surface area contributed by atoms with Crippen LogP contribution >= 0.6 is 0 Å². The maximum Gasteiger partial charge on any atom is 0.247 e. The Kier molecular flexibility index (Phi) is 10.5. The monoisotopic (exact) mass is 1170 g/mol. The molecule has 0 saturated carbocycles. The van der Waals surface area contributed by atoms with Gasteiger partial charge >= 0.3 is 0 Å². The van der Waals surface area contributed by atoms with Gasteiger partial charge in [0, 0.05) is 49.9 Å². The largest absolute Gasteiger partial charge is 0.313 e. The SMILES string of the molecule is Cc1cc(C)c(B2c3cc(C(C)(C)C)ccc3N3c4ccc(C(C)(C)C)cc4B4c5cc(cc2c53)-n2c3ccccc3c3ccc5c6ccccc6n(c5c32)-c2cccc3c2C2(c5ccccc5-c5ccccc52)c2cccc(c2-3)-c2cc(C)c4c(C)c2)c(C)c1. The number of para-hydroxylation sites is 2. The summed E-state index contributed by atoms with van der Waals surface area (Å²) in [7, 11) is 0. The number of anilines is 3. The van der Waals surface area contributed by atoms with E-state index in [0.29, 0.717) is 0 Å². The van der Waals surface area contributed by atoms with Crippen molar-refractivity contribution in [3.63, 3.8) is 0 Å². The van der Waals surface area contributed by atoms with Gasteiger partial charge in [0.25, 0.3) is 0 Å². The second-order valence-electron chi connectivity index (χ2n) is 29.4. The molecule has 91 heavy (non-hydrogen) atoms. The van der Waals surface area contributed by atoms with Crippen molar-refractivity contribution >= 4 is 107 Å². The minimum atomic E-state index is -0.640. The van der Waals surface area contributed by atoms with E-state index in [1.807, 2.05) is 0 Å². The third-order valence-electron chi connectivity index (χ3n) is 22.2. The van der Waals surface area contributed by atoms with E-state index in [1.165, 1.54) is 199 Å². The summed E-state index contributed by atoms with van der Waals surface area (Å²) in [6.07, 6.45) is 0. The molecule has 14 aromatic rings. The van der Waals surface area contributed by atoms with Crippen LogP contribution in [-0.4, -0.2) is 22.6 Å². The summed E-state index contributed by atoms with van der Waals surface area (Å²) in [5.41, 5.74) is 40.6. The molecule has 0 saturated heterocycles. The Balaban J connectivity index is 1.06. The highest BCUT2D eigenvalue weighted by molar-refractivity contribution is 7.02. The first-order chi connectivity index (χ1) is 44.0. The maximum absolute atomic E-state index is 2.71. The van der Waals surface area contributed by atoms with Crippen molar-refractivity contribution in [3.8, 4) is 44.8 Å². The molecule has 0 fully saturated rings. The molecule has 4 aliphatic heterocycles. The molecule has 0 N–H and O–H groups in total. The highest BCUT2D eigenvalue weighted by Gasteiger charge is 2.54. The molecule has 6 heterocycles. The van der Waals surface area contributed by atoms with Gasteiger partial charge in [-0.2, -0.15) is 0 Å². The summed E-state index contributed by atoms with van der Waals surface area (Å²) >= 11 is 0. The summed E-state index contributed by atoms with van der Waals surface area (Å²) in [5, 5.41) is 4.96. The van der Waals surface area contributed by atoms with Gasteiger partial charge in [0.1, 0.15) is 0 Å². The van der Waals surface area contributed by atoms with Gasteiger partial charge in [-0.05, 0) is 171 Å². The van der Waals surface area contributed by atoms with E-state index in [1.54, 1.807) is 0 Å². The van der Waals surface area contributed by atoms with Crippen LogP contribution in [0.5, 0.6) is 0 Å². The van der Waals surface area contributed by atoms with Gasteiger partial charge < -0.3 is 14.0 Å². The number of aryl methyl sites for hydroxylation is 5. The van der Waals surface area contributed by atoms with Gasteiger partial charge in [-0.3, -0.25) is 0 Å². The third-order valence-corrected chi connectivity index (χ3v) is 22.2. The van der Waals surface area contributed by atoms with E-state index in [0.717, 1.165) is 0 Å². The molecule has 5 heteroatoms. The first-order valence-corrected chi connectivity index (χ1v) is 32.9. The normalized spacial score (nSPS) is 14.3. The van der Waals surface area contributed by atoms with Crippen LogP contribution in [0.1, 0.15) is 103 Å². The first kappa shape index (κ1) is 53.0. The zero-order chi connectivity index (χ0) is 61.6. The molecule has 0 atom stereocenters. The summed E-state index contributed by atoms with van der Waals surface area (Å²) in [4.78, 5) is 2.71. The fraction of sp³-hybridized carbons (Fsp3) is 0.163. The predicted octanol–water partition coefficient (Wildman–Crippen LogP) is 17.5. The van der Waals surface area contributed by atoms with Crippen LogP contribution in [0.3, 0.4) is 0 Å². The fourth-order valence-electron chi connectivity index (χ4n) is 18.6. The molecular weight excluding hydrogens is 1100 g/mol. The quantitative estimate of drug-likeness (QED) is 0.149. The van der Waals surface area contributed by atoms with Crippen molar-refractivity contribution in [1.82, 2.24) is 9.13 Å². The summed E-state index contributed by atoms with van der Waals surface area (Å²) in [6.45, 7) is 25.9. The van der Waals surface area contributed by atoms with E-state index < -0.39 is 5.41 Å². The van der Waals surface area contributed by atoms with Crippen molar-refractivity contribution in [2.75, 3.05) is 4.90 Å². The number of nitrogens with zero attached hydrogens (tertiary/aromatic N) is 3. The number of rotatable bonds is 1. The second kappa shape index (κ2) is 18.0. The van der Waals surface area contributed by atoms with E-state index >= 15 is 0 Å². The Hall–Kier alpha value is -9.83. The molecule has 3 nitrogen and oxygen atoms in total. The smallest absolute Gasteiger partial charge is 0.247 e. The highest BCUT2D eigenvalue weighted by Crippen LogP contribution is 2.66. The Morgan fingerprint density at radius 1 is 0.363 bits per heavy atom. The van der Waals surface area contributed by atoms with Crippen LogP contribution in [0.4, 0.5) is 17.1 Å². The van der Waals surface area contributed by atoms with Crippen LogP contribution in [0.25, 0.3) is 88.4 Å². The molecule has 2 aliphatic carbocycles. The Labute approximate surface area is 534 Å². The topological polar surface area (TPSA) is 13.1 Å². The van der Waals surface area contributed by atoms with E-state index in [2.05, 4.69) is 309 Å². The lowest BCUT2D eigenvalue weighted by molar-refractivity contribution is 0.590. The van der Waals surface area contributed by atoms with Crippen molar-refractivity contribution in [1.29, 1.82) is 0 Å². The summed E-state index contributed by atoms with van der Waals surface area (Å²) < 4.78 is 5.42. The molecule has 434 valence electrons. The number of aromatic nitrogens is 2. The average Bonchev–Trinajstić information content (AvgIpc) is 1.55. The Morgan fingerprint density at radius 3 is 1.38 bits per heavy atom. The predicted molar refractivity (Wildman–Crippen MR) is 388 cm³/mol. The van der Waals surface area contributed by atoms with Gasteiger partial charge in [0.05, 0.1) is 33.2 Å². The standard InChI is InChI=1S/C86H69B2N3/c1-48-40-49(2)79(50(3)41-48)87-68-44-54(84(6,7)8)34-38-74(68)91-75-39-35-55(85(9,10)11)45-69(75)88-71-47-56(46-70(87)83(71)91)89-72-31-18-14-24-60(72)62-36-37-63-61-25-15-19-32-73(61)90(82(63)81(62)89)76-33-21-27-64-77-57(53-42-51(4)80(88)52(5)43-53)26-20-30-67(77)86(78(64)76)65-28-16-12-22-58(65)59-23-13-17-29-66(59)86/h12-47H,1-11H3. The molecule has 0 radical (unpaired) electrons. The van der Waals surface area contributed by atoms with Crippen molar-refractivity contribution in [2.24, 2.45) is 0 Å². The zero-order valence-electron chi connectivity index (χ0n) is 53.8. The second-order valence-corrected chi connectivity index (χ2v) is 29.4. The maximum atomic E-state index is 2.71. The van der Waals surface area contributed by atoms with Crippen LogP contribution in [0, 0.1) is 34.6 Å². The molecule has 2 aromatic heterocycles. The third kappa shape index (κ3) is 6.76.